The van der Waals surface area contributed by atoms with Gasteiger partial charge >= 0.3 is 0 Å². The largest absolute Gasteiger partial charge is 0.484 e. The lowest BCUT2D eigenvalue weighted by atomic mass is 10.0. The van der Waals surface area contributed by atoms with Crippen LogP contribution in [0.15, 0.2) is 67.1 Å². The van der Waals surface area contributed by atoms with Gasteiger partial charge in [-0.05, 0) is 55.7 Å². The number of rotatable bonds is 10. The van der Waals surface area contributed by atoms with Crippen molar-refractivity contribution in [3.8, 4) is 17.4 Å². The molecule has 0 bridgehead atoms. The maximum absolute atomic E-state index is 12.8. The number of nitrogens with one attached hydrogen (secondary N) is 1. The normalized spacial score (nSPS) is 15.6. The summed E-state index contributed by atoms with van der Waals surface area (Å²) >= 11 is 0. The summed E-state index contributed by atoms with van der Waals surface area (Å²) in [6, 6.07) is 14.5. The Morgan fingerprint density at radius 1 is 1.11 bits per heavy atom. The van der Waals surface area contributed by atoms with Crippen molar-refractivity contribution in [3.05, 3.63) is 72.7 Å². The zero-order valence-corrected chi connectivity index (χ0v) is 20.4. The molecule has 0 amide bonds. The highest BCUT2D eigenvalue weighted by atomic mass is 32.2. The average Bonchev–Trinajstić information content (AvgIpc) is 3.67. The molecule has 3 aromatic heterocycles. The fourth-order valence-electron chi connectivity index (χ4n) is 4.03. The van der Waals surface area contributed by atoms with Gasteiger partial charge in [-0.15, -0.1) is 0 Å². The fourth-order valence-corrected chi connectivity index (χ4v) is 5.69. The summed E-state index contributed by atoms with van der Waals surface area (Å²) in [5, 5.41) is 5.03. The van der Waals surface area contributed by atoms with E-state index in [2.05, 4.69) is 19.8 Å². The molecule has 1 aromatic carbocycles. The SMILES string of the molecule is CCC(NS(=O)(=O)C1CC1)C(Oc1ccc2c(cnn2-c2ccccn2)c1)c1ccnc(OC)c1. The van der Waals surface area contributed by atoms with Crippen LogP contribution in [0, 0.1) is 0 Å². The van der Waals surface area contributed by atoms with E-state index in [-0.39, 0.29) is 5.25 Å². The lowest BCUT2D eigenvalue weighted by molar-refractivity contribution is 0.162. The van der Waals surface area contributed by atoms with Gasteiger partial charge in [0.05, 0.1) is 30.1 Å². The molecule has 1 saturated carbocycles. The summed E-state index contributed by atoms with van der Waals surface area (Å²) in [6.45, 7) is 1.94. The average molecular weight is 494 g/mol. The molecule has 2 atom stereocenters. The Balaban J connectivity index is 1.48. The molecule has 0 saturated heterocycles. The Morgan fingerprint density at radius 2 is 1.97 bits per heavy atom. The second-order valence-corrected chi connectivity index (χ2v) is 10.5. The van der Waals surface area contributed by atoms with E-state index in [9.17, 15) is 8.42 Å². The highest BCUT2D eigenvalue weighted by Crippen LogP contribution is 2.33. The van der Waals surface area contributed by atoms with Crippen LogP contribution in [0.4, 0.5) is 0 Å². The molecule has 0 aliphatic heterocycles. The minimum absolute atomic E-state index is 0.321. The van der Waals surface area contributed by atoms with Crippen molar-refractivity contribution >= 4 is 20.9 Å². The van der Waals surface area contributed by atoms with Gasteiger partial charge in [0.15, 0.2) is 5.82 Å². The second kappa shape index (κ2) is 9.63. The van der Waals surface area contributed by atoms with Crippen LogP contribution in [0.25, 0.3) is 16.7 Å². The first-order valence-corrected chi connectivity index (χ1v) is 13.1. The van der Waals surface area contributed by atoms with Gasteiger partial charge in [0.1, 0.15) is 11.9 Å². The molecule has 1 aliphatic carbocycles. The Kier molecular flexibility index (Phi) is 6.40. The van der Waals surface area contributed by atoms with E-state index in [0.29, 0.717) is 30.9 Å². The van der Waals surface area contributed by atoms with Gasteiger partial charge in [-0.1, -0.05) is 13.0 Å². The van der Waals surface area contributed by atoms with Crippen molar-refractivity contribution in [3.63, 3.8) is 0 Å². The van der Waals surface area contributed by atoms with Crippen LogP contribution in [0.5, 0.6) is 11.6 Å². The van der Waals surface area contributed by atoms with Crippen LogP contribution in [-0.2, 0) is 10.0 Å². The van der Waals surface area contributed by atoms with Gasteiger partial charge in [-0.25, -0.2) is 27.8 Å². The maximum Gasteiger partial charge on any atom is 0.214 e. The molecule has 1 N–H and O–H groups in total. The molecule has 0 radical (unpaired) electrons. The van der Waals surface area contributed by atoms with Crippen LogP contribution in [0.2, 0.25) is 0 Å². The molecule has 9 nitrogen and oxygen atoms in total. The summed E-state index contributed by atoms with van der Waals surface area (Å²) in [6.07, 6.45) is 6.45. The summed E-state index contributed by atoms with van der Waals surface area (Å²) in [5.74, 6) is 1.75. The summed E-state index contributed by atoms with van der Waals surface area (Å²) in [7, 11) is -1.87. The number of hydrogen-bond acceptors (Lipinski definition) is 7. The smallest absolute Gasteiger partial charge is 0.214 e. The Morgan fingerprint density at radius 3 is 2.69 bits per heavy atom. The Bertz CT molecular complexity index is 1420. The molecule has 10 heteroatoms. The van der Waals surface area contributed by atoms with Gasteiger partial charge in [0.25, 0.3) is 0 Å². The maximum atomic E-state index is 12.8. The molecule has 0 spiro atoms. The first kappa shape index (κ1) is 23.3. The zero-order chi connectivity index (χ0) is 24.4. The number of hydrogen-bond donors (Lipinski definition) is 1. The van der Waals surface area contributed by atoms with E-state index >= 15 is 0 Å². The topological polar surface area (TPSA) is 108 Å². The lowest BCUT2D eigenvalue weighted by Crippen LogP contribution is -2.42. The van der Waals surface area contributed by atoms with E-state index in [4.69, 9.17) is 9.47 Å². The fraction of sp³-hybridized carbons (Fsp3) is 0.320. The molecule has 182 valence electrons. The molecule has 2 unspecified atom stereocenters. The molecule has 35 heavy (non-hydrogen) atoms. The monoisotopic (exact) mass is 493 g/mol. The van der Waals surface area contributed by atoms with Crippen LogP contribution in [0.3, 0.4) is 0 Å². The molecule has 5 rings (SSSR count). The van der Waals surface area contributed by atoms with Crippen LogP contribution < -0.4 is 14.2 Å². The number of sulfonamides is 1. The third-order valence-electron chi connectivity index (χ3n) is 6.05. The summed E-state index contributed by atoms with van der Waals surface area (Å²) in [5.41, 5.74) is 1.66. The molecule has 4 aromatic rings. The van der Waals surface area contributed by atoms with Crippen LogP contribution in [0.1, 0.15) is 37.9 Å². The van der Waals surface area contributed by atoms with Gasteiger partial charge in [0, 0.05) is 29.4 Å². The number of fused-ring (bicyclic) bond motifs is 1. The lowest BCUT2D eigenvalue weighted by Gasteiger charge is -2.28. The van der Waals surface area contributed by atoms with Crippen LogP contribution in [-0.4, -0.2) is 46.6 Å². The number of methoxy groups -OCH3 is 1. The predicted octanol–water partition coefficient (Wildman–Crippen LogP) is 3.80. The van der Waals surface area contributed by atoms with Gasteiger partial charge in [0.2, 0.25) is 15.9 Å². The third-order valence-corrected chi connectivity index (χ3v) is 8.03. The van der Waals surface area contributed by atoms with E-state index in [1.807, 2.05) is 49.4 Å². The third kappa shape index (κ3) is 4.98. The minimum atomic E-state index is -3.42. The van der Waals surface area contributed by atoms with Crippen molar-refractivity contribution < 1.29 is 17.9 Å². The zero-order valence-electron chi connectivity index (χ0n) is 19.5. The van der Waals surface area contributed by atoms with Crippen molar-refractivity contribution in [1.82, 2.24) is 24.5 Å². The van der Waals surface area contributed by atoms with E-state index in [1.54, 1.807) is 36.4 Å². The molecule has 3 heterocycles. The number of benzene rings is 1. The number of aromatic nitrogens is 4. The standard InChI is InChI=1S/C25H27N5O4S/c1-3-21(29-35(31,32)20-8-9-20)25(17-11-13-27-24(15-17)33-2)34-19-7-10-22-18(14-19)16-28-30(22)23-6-4-5-12-26-23/h4-7,10-16,20-21,25,29H,3,8-9H2,1-2H3. The van der Waals surface area contributed by atoms with Gasteiger partial charge < -0.3 is 9.47 Å². The number of nitrogens with zero attached hydrogens (tertiary/aromatic N) is 4. The molecule has 1 aliphatic rings. The van der Waals surface area contributed by atoms with Gasteiger partial charge in [-0.3, -0.25) is 0 Å². The highest BCUT2D eigenvalue weighted by molar-refractivity contribution is 7.90. The molecular weight excluding hydrogens is 466 g/mol. The molecular formula is C25H27N5O4S. The second-order valence-electron chi connectivity index (χ2n) is 8.51. The van der Waals surface area contributed by atoms with E-state index < -0.39 is 22.2 Å². The van der Waals surface area contributed by atoms with Gasteiger partial charge in [-0.2, -0.15) is 5.10 Å². The quantitative estimate of drug-likeness (QED) is 0.358. The summed E-state index contributed by atoms with van der Waals surface area (Å²) < 4.78 is 41.9. The first-order chi connectivity index (χ1) is 17.0. The van der Waals surface area contributed by atoms with E-state index in [0.717, 1.165) is 22.3 Å². The van der Waals surface area contributed by atoms with Crippen molar-refractivity contribution in [1.29, 1.82) is 0 Å². The summed E-state index contributed by atoms with van der Waals surface area (Å²) in [4.78, 5) is 8.56. The molecule has 1 fully saturated rings. The van der Waals surface area contributed by atoms with E-state index in [1.165, 1.54) is 0 Å². The first-order valence-electron chi connectivity index (χ1n) is 11.6. The van der Waals surface area contributed by atoms with Crippen molar-refractivity contribution in [2.24, 2.45) is 0 Å². The Labute approximate surface area is 204 Å². The predicted molar refractivity (Wildman–Crippen MR) is 132 cm³/mol. The number of ether oxygens (including phenoxy) is 2. The van der Waals surface area contributed by atoms with Crippen molar-refractivity contribution in [2.45, 2.75) is 43.6 Å². The Hall–Kier alpha value is -3.50. The van der Waals surface area contributed by atoms with Crippen LogP contribution >= 0.6 is 0 Å². The number of pyridine rings is 2. The highest BCUT2D eigenvalue weighted by Gasteiger charge is 2.39. The van der Waals surface area contributed by atoms with Crippen molar-refractivity contribution in [2.75, 3.05) is 7.11 Å². The minimum Gasteiger partial charge on any atom is -0.484 e.